The van der Waals surface area contributed by atoms with Gasteiger partial charge in [0.15, 0.2) is 5.54 Å². The third-order valence-corrected chi connectivity index (χ3v) is 2.71. The first kappa shape index (κ1) is 10.8. The Bertz CT molecular complexity index is 388. The van der Waals surface area contributed by atoms with Gasteiger partial charge in [-0.05, 0) is 24.3 Å². The van der Waals surface area contributed by atoms with Crippen LogP contribution in [0.3, 0.4) is 0 Å². The Morgan fingerprint density at radius 1 is 1.44 bits per heavy atom. The average molecular weight is 218 g/mol. The topological polar surface area (TPSA) is 54.3 Å². The number of nitrogens with zero attached hydrogens (tertiary/aromatic N) is 1. The second-order valence-corrected chi connectivity index (χ2v) is 3.85. The highest BCUT2D eigenvalue weighted by atomic mass is 16.5. The molecule has 1 atom stereocenters. The third kappa shape index (κ3) is 2.10. The molecule has 2 rings (SSSR count). The molecular weight excluding hydrogens is 204 g/mol. The van der Waals surface area contributed by atoms with E-state index in [0.717, 1.165) is 17.9 Å². The van der Waals surface area contributed by atoms with Crippen LogP contribution in [0.4, 0.5) is 5.69 Å². The number of nitriles is 1. The third-order valence-electron chi connectivity index (χ3n) is 2.71. The molecule has 4 heteroatoms. The molecule has 0 radical (unpaired) electrons. The fourth-order valence-electron chi connectivity index (χ4n) is 1.73. The van der Waals surface area contributed by atoms with Crippen molar-refractivity contribution in [1.29, 1.82) is 5.26 Å². The molecule has 0 amide bonds. The number of hydrogen-bond donors (Lipinski definition) is 1. The number of nitrogens with one attached hydrogen (secondary N) is 1. The van der Waals surface area contributed by atoms with Gasteiger partial charge in [-0.3, -0.25) is 0 Å². The van der Waals surface area contributed by atoms with E-state index >= 15 is 0 Å². The summed E-state index contributed by atoms with van der Waals surface area (Å²) < 4.78 is 10.3. The second kappa shape index (κ2) is 4.42. The number of rotatable bonds is 3. The van der Waals surface area contributed by atoms with Gasteiger partial charge in [0.1, 0.15) is 5.75 Å². The van der Waals surface area contributed by atoms with Crippen molar-refractivity contribution in [3.05, 3.63) is 24.3 Å². The van der Waals surface area contributed by atoms with E-state index in [4.69, 9.17) is 14.7 Å². The lowest BCUT2D eigenvalue weighted by atomic mass is 10.0. The largest absolute Gasteiger partial charge is 0.497 e. The molecule has 1 aliphatic heterocycles. The van der Waals surface area contributed by atoms with Crippen LogP contribution in [0.2, 0.25) is 0 Å². The summed E-state index contributed by atoms with van der Waals surface area (Å²) in [5.41, 5.74) is 0.335. The van der Waals surface area contributed by atoms with Crippen LogP contribution < -0.4 is 10.1 Å². The Kier molecular flexibility index (Phi) is 2.97. The Morgan fingerprint density at radius 3 is 2.69 bits per heavy atom. The molecule has 0 aliphatic carbocycles. The van der Waals surface area contributed by atoms with Crippen molar-refractivity contribution in [3.63, 3.8) is 0 Å². The molecule has 1 aromatic rings. The zero-order chi connectivity index (χ0) is 11.4. The monoisotopic (exact) mass is 218 g/mol. The average Bonchev–Trinajstić information content (AvgIpc) is 2.79. The van der Waals surface area contributed by atoms with E-state index in [0.29, 0.717) is 13.2 Å². The lowest BCUT2D eigenvalue weighted by Crippen LogP contribution is -2.36. The van der Waals surface area contributed by atoms with E-state index in [1.165, 1.54) is 0 Å². The van der Waals surface area contributed by atoms with Gasteiger partial charge in [0, 0.05) is 12.1 Å². The van der Waals surface area contributed by atoms with E-state index in [2.05, 4.69) is 11.4 Å². The molecule has 1 fully saturated rings. The fourth-order valence-corrected chi connectivity index (χ4v) is 1.73. The maximum Gasteiger partial charge on any atom is 0.151 e. The first-order chi connectivity index (χ1) is 7.78. The van der Waals surface area contributed by atoms with Gasteiger partial charge in [0.05, 0.1) is 26.4 Å². The molecule has 1 aliphatic rings. The number of ether oxygens (including phenoxy) is 2. The summed E-state index contributed by atoms with van der Waals surface area (Å²) in [6.07, 6.45) is 0.718. The standard InChI is InChI=1S/C12H14N2O2/c1-15-11-4-2-10(3-5-11)14-12(8-13)6-7-16-9-12/h2-5,14H,6-7,9H2,1H3. The second-order valence-electron chi connectivity index (χ2n) is 3.85. The SMILES string of the molecule is COc1ccc(NC2(C#N)CCOC2)cc1. The molecule has 4 nitrogen and oxygen atoms in total. The Hall–Kier alpha value is -1.73. The van der Waals surface area contributed by atoms with Crippen LogP contribution in [0, 0.1) is 11.3 Å². The summed E-state index contributed by atoms with van der Waals surface area (Å²) in [4.78, 5) is 0. The van der Waals surface area contributed by atoms with Crippen LogP contribution in [0.25, 0.3) is 0 Å². The van der Waals surface area contributed by atoms with Crippen molar-refractivity contribution in [2.45, 2.75) is 12.0 Å². The molecule has 1 aromatic carbocycles. The molecule has 84 valence electrons. The van der Waals surface area contributed by atoms with E-state index in [1.807, 2.05) is 24.3 Å². The van der Waals surface area contributed by atoms with E-state index in [1.54, 1.807) is 7.11 Å². The summed E-state index contributed by atoms with van der Waals surface area (Å²) in [6.45, 7) is 1.08. The molecule has 0 spiro atoms. The normalized spacial score (nSPS) is 23.8. The number of benzene rings is 1. The summed E-state index contributed by atoms with van der Waals surface area (Å²) in [5.74, 6) is 0.805. The fraction of sp³-hybridized carbons (Fsp3) is 0.417. The van der Waals surface area contributed by atoms with Gasteiger partial charge < -0.3 is 14.8 Å². The molecule has 1 saturated heterocycles. The number of anilines is 1. The predicted octanol–water partition coefficient (Wildman–Crippen LogP) is 1.79. The molecule has 0 bridgehead atoms. The highest BCUT2D eigenvalue weighted by molar-refractivity contribution is 5.50. The van der Waals surface area contributed by atoms with Crippen molar-refractivity contribution in [2.24, 2.45) is 0 Å². The molecule has 1 N–H and O–H groups in total. The van der Waals surface area contributed by atoms with Crippen molar-refractivity contribution in [2.75, 3.05) is 25.6 Å². The van der Waals surface area contributed by atoms with E-state index in [-0.39, 0.29) is 0 Å². The van der Waals surface area contributed by atoms with Crippen molar-refractivity contribution >= 4 is 5.69 Å². The van der Waals surface area contributed by atoms with Crippen molar-refractivity contribution in [1.82, 2.24) is 0 Å². The van der Waals surface area contributed by atoms with Crippen LogP contribution in [-0.4, -0.2) is 25.9 Å². The molecule has 0 aromatic heterocycles. The molecular formula is C12H14N2O2. The highest BCUT2D eigenvalue weighted by Crippen LogP contribution is 2.24. The van der Waals surface area contributed by atoms with Gasteiger partial charge in [-0.2, -0.15) is 5.26 Å². The zero-order valence-electron chi connectivity index (χ0n) is 9.19. The summed E-state index contributed by atoms with van der Waals surface area (Å²) in [5, 5.41) is 12.4. The predicted molar refractivity (Wildman–Crippen MR) is 60.4 cm³/mol. The summed E-state index contributed by atoms with van der Waals surface area (Å²) >= 11 is 0. The first-order valence-electron chi connectivity index (χ1n) is 5.19. The maximum atomic E-state index is 9.16. The van der Waals surface area contributed by atoms with Crippen LogP contribution in [0.15, 0.2) is 24.3 Å². The lowest BCUT2D eigenvalue weighted by molar-refractivity contribution is 0.189. The number of hydrogen-bond acceptors (Lipinski definition) is 4. The van der Waals surface area contributed by atoms with Gasteiger partial charge in [-0.1, -0.05) is 0 Å². The molecule has 0 saturated carbocycles. The van der Waals surface area contributed by atoms with Crippen LogP contribution in [-0.2, 0) is 4.74 Å². The minimum Gasteiger partial charge on any atom is -0.497 e. The smallest absolute Gasteiger partial charge is 0.151 e. The quantitative estimate of drug-likeness (QED) is 0.840. The molecule has 1 heterocycles. The lowest BCUT2D eigenvalue weighted by Gasteiger charge is -2.21. The van der Waals surface area contributed by atoms with Crippen LogP contribution >= 0.6 is 0 Å². The molecule has 16 heavy (non-hydrogen) atoms. The van der Waals surface area contributed by atoms with Gasteiger partial charge in [0.25, 0.3) is 0 Å². The Balaban J connectivity index is 2.11. The maximum absolute atomic E-state index is 9.16. The summed E-state index contributed by atoms with van der Waals surface area (Å²) in [6, 6.07) is 9.81. The van der Waals surface area contributed by atoms with Gasteiger partial charge in [-0.15, -0.1) is 0 Å². The minimum atomic E-state index is -0.575. The highest BCUT2D eigenvalue weighted by Gasteiger charge is 2.34. The van der Waals surface area contributed by atoms with Crippen LogP contribution in [0.5, 0.6) is 5.75 Å². The Labute approximate surface area is 94.8 Å². The van der Waals surface area contributed by atoms with E-state index < -0.39 is 5.54 Å². The van der Waals surface area contributed by atoms with Crippen molar-refractivity contribution in [3.8, 4) is 11.8 Å². The first-order valence-corrected chi connectivity index (χ1v) is 5.19. The van der Waals surface area contributed by atoms with Crippen LogP contribution in [0.1, 0.15) is 6.42 Å². The minimum absolute atomic E-state index is 0.440. The van der Waals surface area contributed by atoms with Gasteiger partial charge >= 0.3 is 0 Å². The van der Waals surface area contributed by atoms with E-state index in [9.17, 15) is 0 Å². The van der Waals surface area contributed by atoms with Crippen molar-refractivity contribution < 1.29 is 9.47 Å². The zero-order valence-corrected chi connectivity index (χ0v) is 9.19. The summed E-state index contributed by atoms with van der Waals surface area (Å²) in [7, 11) is 1.63. The van der Waals surface area contributed by atoms with Gasteiger partial charge in [-0.25, -0.2) is 0 Å². The number of methoxy groups -OCH3 is 1. The Morgan fingerprint density at radius 2 is 2.19 bits per heavy atom. The molecule has 1 unspecified atom stereocenters. The van der Waals surface area contributed by atoms with Gasteiger partial charge in [0.2, 0.25) is 0 Å².